The summed E-state index contributed by atoms with van der Waals surface area (Å²) in [5.74, 6) is 1.80. The number of hydrogen-bond acceptors (Lipinski definition) is 2. The Morgan fingerprint density at radius 2 is 1.86 bits per heavy atom. The molecule has 21 heavy (non-hydrogen) atoms. The zero-order valence-corrected chi connectivity index (χ0v) is 12.3. The van der Waals surface area contributed by atoms with Crippen LogP contribution >= 0.6 is 0 Å². The highest BCUT2D eigenvalue weighted by Crippen LogP contribution is 2.25. The predicted molar refractivity (Wildman–Crippen MR) is 84.9 cm³/mol. The highest BCUT2D eigenvalue weighted by Gasteiger charge is 2.11. The average molecular weight is 278 g/mol. The van der Waals surface area contributed by atoms with Crippen molar-refractivity contribution in [2.45, 2.75) is 13.3 Å². The first kappa shape index (κ1) is 13.4. The van der Waals surface area contributed by atoms with Crippen molar-refractivity contribution in [1.29, 1.82) is 0 Å². The Morgan fingerprint density at radius 3 is 2.57 bits per heavy atom. The van der Waals surface area contributed by atoms with E-state index in [0.29, 0.717) is 0 Å². The smallest absolute Gasteiger partial charge is 0.144 e. The van der Waals surface area contributed by atoms with Crippen molar-refractivity contribution in [2.24, 2.45) is 0 Å². The van der Waals surface area contributed by atoms with Crippen molar-refractivity contribution in [1.82, 2.24) is 9.55 Å². The summed E-state index contributed by atoms with van der Waals surface area (Å²) in [6, 6.07) is 18.3. The number of hydrogen-bond donors (Lipinski definition) is 0. The van der Waals surface area contributed by atoms with E-state index < -0.39 is 0 Å². The van der Waals surface area contributed by atoms with E-state index in [1.54, 1.807) is 7.11 Å². The van der Waals surface area contributed by atoms with Gasteiger partial charge in [-0.3, -0.25) is 4.57 Å². The minimum Gasteiger partial charge on any atom is -0.497 e. The molecule has 106 valence electrons. The number of methoxy groups -OCH3 is 1. The summed E-state index contributed by atoms with van der Waals surface area (Å²) in [6.45, 7) is 2.12. The first-order valence-corrected chi connectivity index (χ1v) is 7.10. The Kier molecular flexibility index (Phi) is 3.73. The van der Waals surface area contributed by atoms with Gasteiger partial charge < -0.3 is 4.74 Å². The van der Waals surface area contributed by atoms with Crippen LogP contribution in [0.15, 0.2) is 60.8 Å². The molecule has 0 bridgehead atoms. The molecule has 3 heteroatoms. The summed E-state index contributed by atoms with van der Waals surface area (Å²) < 4.78 is 7.44. The Hall–Kier alpha value is -2.55. The molecule has 0 atom stereocenters. The fourth-order valence-electron chi connectivity index (χ4n) is 2.35. The van der Waals surface area contributed by atoms with Crippen LogP contribution < -0.4 is 4.74 Å². The van der Waals surface area contributed by atoms with Gasteiger partial charge in [0.05, 0.1) is 18.5 Å². The van der Waals surface area contributed by atoms with Crippen LogP contribution in [0.2, 0.25) is 0 Å². The molecule has 0 radical (unpaired) electrons. The number of imidazole rings is 1. The SMILES string of the molecule is CCc1cn(-c2cccc(OC)c2)c(-c2ccccc2)n1. The maximum Gasteiger partial charge on any atom is 0.144 e. The molecule has 0 fully saturated rings. The molecule has 0 spiro atoms. The molecule has 3 aromatic rings. The predicted octanol–water partition coefficient (Wildman–Crippen LogP) is 4.11. The Balaban J connectivity index is 2.15. The van der Waals surface area contributed by atoms with Gasteiger partial charge in [-0.1, -0.05) is 43.3 Å². The van der Waals surface area contributed by atoms with E-state index in [1.807, 2.05) is 36.4 Å². The van der Waals surface area contributed by atoms with Gasteiger partial charge in [-0.25, -0.2) is 4.98 Å². The zero-order chi connectivity index (χ0) is 14.7. The number of ether oxygens (including phenoxy) is 1. The molecule has 0 amide bonds. The van der Waals surface area contributed by atoms with Crippen LogP contribution in [0.5, 0.6) is 5.75 Å². The van der Waals surface area contributed by atoms with Gasteiger partial charge in [-0.15, -0.1) is 0 Å². The van der Waals surface area contributed by atoms with E-state index in [9.17, 15) is 0 Å². The number of aromatic nitrogens is 2. The lowest BCUT2D eigenvalue weighted by Gasteiger charge is -2.09. The lowest BCUT2D eigenvalue weighted by Crippen LogP contribution is -1.96. The van der Waals surface area contributed by atoms with Crippen molar-refractivity contribution in [3.8, 4) is 22.8 Å². The monoisotopic (exact) mass is 278 g/mol. The van der Waals surface area contributed by atoms with Crippen molar-refractivity contribution < 1.29 is 4.74 Å². The molecule has 1 heterocycles. The third kappa shape index (κ3) is 2.68. The van der Waals surface area contributed by atoms with Crippen LogP contribution in [0.3, 0.4) is 0 Å². The topological polar surface area (TPSA) is 27.1 Å². The van der Waals surface area contributed by atoms with E-state index >= 15 is 0 Å². The van der Waals surface area contributed by atoms with Crippen LogP contribution in [0, 0.1) is 0 Å². The summed E-state index contributed by atoms with van der Waals surface area (Å²) in [5.41, 5.74) is 3.25. The molecule has 0 saturated carbocycles. The third-order valence-corrected chi connectivity index (χ3v) is 3.48. The summed E-state index contributed by atoms with van der Waals surface area (Å²) >= 11 is 0. The lowest BCUT2D eigenvalue weighted by atomic mass is 10.2. The minimum absolute atomic E-state index is 0.846. The molecule has 0 saturated heterocycles. The van der Waals surface area contributed by atoms with Crippen LogP contribution in [-0.2, 0) is 6.42 Å². The first-order chi connectivity index (χ1) is 10.3. The number of nitrogens with zero attached hydrogens (tertiary/aromatic N) is 2. The van der Waals surface area contributed by atoms with Crippen LogP contribution in [0.1, 0.15) is 12.6 Å². The van der Waals surface area contributed by atoms with E-state index in [0.717, 1.165) is 34.9 Å². The summed E-state index contributed by atoms with van der Waals surface area (Å²) in [5, 5.41) is 0. The third-order valence-electron chi connectivity index (χ3n) is 3.48. The van der Waals surface area contributed by atoms with Gasteiger partial charge in [0, 0.05) is 17.8 Å². The summed E-state index contributed by atoms with van der Waals surface area (Å²) in [6.07, 6.45) is 3.01. The molecule has 0 N–H and O–H groups in total. The molecule has 0 aliphatic rings. The second-order valence-corrected chi connectivity index (χ2v) is 4.85. The van der Waals surface area contributed by atoms with Crippen molar-refractivity contribution in [3.05, 3.63) is 66.5 Å². The average Bonchev–Trinajstić information content (AvgIpc) is 3.00. The number of rotatable bonds is 4. The second-order valence-electron chi connectivity index (χ2n) is 4.85. The maximum atomic E-state index is 5.32. The van der Waals surface area contributed by atoms with Crippen LogP contribution in [0.25, 0.3) is 17.1 Å². The maximum absolute atomic E-state index is 5.32. The van der Waals surface area contributed by atoms with Gasteiger partial charge in [0.2, 0.25) is 0 Å². The van der Waals surface area contributed by atoms with Gasteiger partial charge in [0.1, 0.15) is 11.6 Å². The highest BCUT2D eigenvalue weighted by molar-refractivity contribution is 5.59. The van der Waals surface area contributed by atoms with Crippen LogP contribution in [0.4, 0.5) is 0 Å². The molecular weight excluding hydrogens is 260 g/mol. The Morgan fingerprint density at radius 1 is 1.05 bits per heavy atom. The molecule has 0 aliphatic heterocycles. The quantitative estimate of drug-likeness (QED) is 0.718. The minimum atomic E-state index is 0.846. The van der Waals surface area contributed by atoms with Crippen molar-refractivity contribution in [3.63, 3.8) is 0 Å². The summed E-state index contributed by atoms with van der Waals surface area (Å²) in [4.78, 5) is 4.75. The van der Waals surface area contributed by atoms with Gasteiger partial charge in [-0.05, 0) is 18.6 Å². The van der Waals surface area contributed by atoms with Crippen molar-refractivity contribution in [2.75, 3.05) is 7.11 Å². The fourth-order valence-corrected chi connectivity index (χ4v) is 2.35. The molecule has 1 aromatic heterocycles. The van der Waals surface area contributed by atoms with Gasteiger partial charge in [-0.2, -0.15) is 0 Å². The molecule has 2 aromatic carbocycles. The first-order valence-electron chi connectivity index (χ1n) is 7.10. The fraction of sp³-hybridized carbons (Fsp3) is 0.167. The van der Waals surface area contributed by atoms with Crippen LogP contribution in [-0.4, -0.2) is 16.7 Å². The normalized spacial score (nSPS) is 10.6. The van der Waals surface area contributed by atoms with E-state index in [2.05, 4.69) is 35.9 Å². The summed E-state index contributed by atoms with van der Waals surface area (Å²) in [7, 11) is 1.68. The van der Waals surface area contributed by atoms with E-state index in [4.69, 9.17) is 9.72 Å². The number of benzene rings is 2. The molecular formula is C18H18N2O. The Labute approximate surface area is 124 Å². The lowest BCUT2D eigenvalue weighted by molar-refractivity contribution is 0.414. The standard InChI is InChI=1S/C18H18N2O/c1-3-15-13-20(16-10-7-11-17(12-16)21-2)18(19-15)14-8-5-4-6-9-14/h4-13H,3H2,1-2H3. The zero-order valence-electron chi connectivity index (χ0n) is 12.3. The molecule has 0 aliphatic carbocycles. The molecule has 3 nitrogen and oxygen atoms in total. The van der Waals surface area contributed by atoms with Crippen molar-refractivity contribution >= 4 is 0 Å². The molecule has 3 rings (SSSR count). The van der Waals surface area contributed by atoms with E-state index in [1.165, 1.54) is 0 Å². The highest BCUT2D eigenvalue weighted by atomic mass is 16.5. The Bertz CT molecular complexity index is 732. The van der Waals surface area contributed by atoms with Gasteiger partial charge in [0.25, 0.3) is 0 Å². The van der Waals surface area contributed by atoms with Gasteiger partial charge >= 0.3 is 0 Å². The van der Waals surface area contributed by atoms with Gasteiger partial charge in [0.15, 0.2) is 0 Å². The van der Waals surface area contributed by atoms with E-state index in [-0.39, 0.29) is 0 Å². The number of aryl methyl sites for hydroxylation is 1. The molecule has 0 unspecified atom stereocenters. The largest absolute Gasteiger partial charge is 0.497 e. The second kappa shape index (κ2) is 5.83.